The number of amides is 8. The fraction of sp³-hybridized carbons (Fsp3) is 0.544. The highest BCUT2D eigenvalue weighted by Gasteiger charge is 2.42. The van der Waals surface area contributed by atoms with E-state index < -0.39 is 140 Å². The Kier molecular flexibility index (Phi) is 22.5. The van der Waals surface area contributed by atoms with Gasteiger partial charge >= 0.3 is 0 Å². The zero-order chi connectivity index (χ0) is 61.9. The van der Waals surface area contributed by atoms with Crippen molar-refractivity contribution in [1.82, 2.24) is 46.4 Å². The minimum atomic E-state index is -1.96. The van der Waals surface area contributed by atoms with E-state index in [1.165, 1.54) is 13.0 Å². The third-order valence-electron chi connectivity index (χ3n) is 15.3. The monoisotopic (exact) mass is 1180 g/mol. The van der Waals surface area contributed by atoms with Crippen molar-refractivity contribution >= 4 is 58.2 Å². The molecule has 6 rings (SSSR count). The highest BCUT2D eigenvalue weighted by molar-refractivity contribution is 6.12. The van der Waals surface area contributed by atoms with E-state index in [1.807, 2.05) is 6.92 Å². The van der Waals surface area contributed by atoms with Gasteiger partial charge in [0.15, 0.2) is 0 Å². The Labute approximate surface area is 483 Å². The molecule has 3 aliphatic rings. The maximum Gasteiger partial charge on any atom is 0.258 e. The van der Waals surface area contributed by atoms with Gasteiger partial charge in [0.05, 0.1) is 41.7 Å². The number of imide groups is 1. The molecule has 27 heteroatoms. The number of aliphatic hydroxyl groups is 6. The normalized spacial score (nSPS) is 17.7. The highest BCUT2D eigenvalue weighted by Crippen LogP contribution is 2.43. The number of pyridine rings is 2. The molecule has 1 aromatic carbocycles. The second-order valence-corrected chi connectivity index (χ2v) is 21.4. The molecule has 12 N–H and O–H groups in total. The minimum Gasteiger partial charge on any atom is -0.490 e. The van der Waals surface area contributed by atoms with E-state index >= 15 is 4.39 Å². The lowest BCUT2D eigenvalue weighted by molar-refractivity contribution is -0.137. The Morgan fingerprint density at radius 2 is 1.52 bits per heavy atom. The van der Waals surface area contributed by atoms with Gasteiger partial charge < -0.3 is 76.6 Å². The number of hydrogen-bond acceptors (Lipinski definition) is 18. The standard InChI is InChI=1S/C57H76FN9O17/c1-8-32-34-23-67-40(19-36-35(56(67)81)25-84-31(7)57(36,82)9-2)50(34)64-39-20-37(58)29(5)33(48(32)39)21-59-45(73)26-83-27-61-53(78)30(6)62-55(80)49(28(3)4)65-54(79)38(14-15-43(71)60-22-41(69)51(76)52(77)42(70)24-68)63-44(72)13-11-10-12-18-66-46(74)16-17-47(66)75/h16-17,19-20,28,30,38,41-42,49,51-52,68-70,76-77,82H,7-15,18,21-27H2,1-6H3,(H,59,73)(H,60,71)(H,61,78)(H,62,80)(H,63,72)(H,65,79)/t30-,38-,41-,42+,49-,51+,52+,57+/m0/s1. The maximum absolute atomic E-state index is 15.7. The van der Waals surface area contributed by atoms with E-state index in [2.05, 4.69) is 38.5 Å². The summed E-state index contributed by atoms with van der Waals surface area (Å²) in [6.45, 7) is 11.2. The number of aromatic nitrogens is 2. The predicted octanol–water partition coefficient (Wildman–Crippen LogP) is -1.27. The van der Waals surface area contributed by atoms with E-state index in [4.69, 9.17) is 19.6 Å². The first-order valence-corrected chi connectivity index (χ1v) is 27.9. The number of aryl methyl sites for hydroxylation is 1. The first-order valence-electron chi connectivity index (χ1n) is 27.9. The van der Waals surface area contributed by atoms with Crippen molar-refractivity contribution in [3.63, 3.8) is 0 Å². The van der Waals surface area contributed by atoms with Gasteiger partial charge in [-0.1, -0.05) is 40.7 Å². The number of carbonyl (C=O) groups excluding carboxylic acids is 8. The Morgan fingerprint density at radius 1 is 0.833 bits per heavy atom. The topological polar surface area (TPSA) is 387 Å². The Morgan fingerprint density at radius 3 is 2.18 bits per heavy atom. The van der Waals surface area contributed by atoms with Gasteiger partial charge in [-0.25, -0.2) is 9.37 Å². The number of nitrogens with one attached hydrogen (secondary N) is 6. The number of rotatable bonds is 30. The average Bonchev–Trinajstić information content (AvgIpc) is 1.62. The molecule has 3 aliphatic heterocycles. The number of unbranched alkanes of at least 4 members (excludes halogenated alkanes) is 2. The van der Waals surface area contributed by atoms with Crippen LogP contribution in [0.2, 0.25) is 0 Å². The molecule has 0 spiro atoms. The second kappa shape index (κ2) is 28.8. The van der Waals surface area contributed by atoms with Gasteiger partial charge in [-0.15, -0.1) is 0 Å². The molecule has 0 unspecified atom stereocenters. The fourth-order valence-electron chi connectivity index (χ4n) is 10.2. The number of halogens is 1. The summed E-state index contributed by atoms with van der Waals surface area (Å²) < 4.78 is 28.3. The van der Waals surface area contributed by atoms with Crippen LogP contribution in [0.25, 0.3) is 22.3 Å². The van der Waals surface area contributed by atoms with E-state index in [-0.39, 0.29) is 68.8 Å². The summed E-state index contributed by atoms with van der Waals surface area (Å²) >= 11 is 0. The number of fused-ring (bicyclic) bond motifs is 5. The molecule has 3 aromatic rings. The molecule has 0 saturated carbocycles. The van der Waals surface area contributed by atoms with Crippen molar-refractivity contribution < 1.29 is 82.9 Å². The summed E-state index contributed by atoms with van der Waals surface area (Å²) in [6, 6.07) is -0.890. The van der Waals surface area contributed by atoms with Crippen LogP contribution in [0.3, 0.4) is 0 Å². The third-order valence-corrected chi connectivity index (χ3v) is 15.3. The summed E-state index contributed by atoms with van der Waals surface area (Å²) in [6.07, 6.45) is -4.27. The second-order valence-electron chi connectivity index (χ2n) is 21.4. The lowest BCUT2D eigenvalue weighted by Crippen LogP contribution is -2.58. The van der Waals surface area contributed by atoms with Crippen LogP contribution in [0.1, 0.15) is 113 Å². The van der Waals surface area contributed by atoms with E-state index in [1.54, 1.807) is 38.3 Å². The molecule has 84 heavy (non-hydrogen) atoms. The van der Waals surface area contributed by atoms with Crippen molar-refractivity contribution in [3.05, 3.63) is 86.2 Å². The molecule has 0 fully saturated rings. The molecular weight excluding hydrogens is 1100 g/mol. The van der Waals surface area contributed by atoms with Crippen LogP contribution in [0.4, 0.5) is 4.39 Å². The van der Waals surface area contributed by atoms with Gasteiger partial charge in [-0.05, 0) is 74.6 Å². The van der Waals surface area contributed by atoms with Crippen molar-refractivity contribution in [2.45, 2.75) is 161 Å². The van der Waals surface area contributed by atoms with Crippen LogP contribution >= 0.6 is 0 Å². The van der Waals surface area contributed by atoms with Gasteiger partial charge in [0, 0.05) is 67.2 Å². The Hall–Kier alpha value is -7.53. The summed E-state index contributed by atoms with van der Waals surface area (Å²) in [5.74, 6) is -6.34. The van der Waals surface area contributed by atoms with Crippen LogP contribution in [0, 0.1) is 18.7 Å². The van der Waals surface area contributed by atoms with Crippen LogP contribution in [0.15, 0.2) is 41.4 Å². The SMILES string of the molecule is C=C1OCc2c(cc3n(c2=O)Cc2c-3nc3cc(F)c(C)c(CNC(=O)COCNC(=O)[C@H](C)NC(=O)[C@@H](NC(=O)[C@H](CCC(=O)NC[C@H](O)[C@@H](O)[C@H](O)[C@H](O)CO)NC(=O)CCCCCN4C(=O)C=CC4=O)C(C)C)c3c2CC)[C@@]1(O)CC. The number of hydrogen-bond donors (Lipinski definition) is 12. The number of benzene rings is 1. The molecule has 0 radical (unpaired) electrons. The first-order chi connectivity index (χ1) is 39.8. The van der Waals surface area contributed by atoms with E-state index in [0.29, 0.717) is 58.2 Å². The zero-order valence-electron chi connectivity index (χ0n) is 47.8. The van der Waals surface area contributed by atoms with Gasteiger partial charge in [0.25, 0.3) is 17.4 Å². The molecule has 0 saturated heterocycles. The van der Waals surface area contributed by atoms with Crippen molar-refractivity contribution in [3.8, 4) is 11.4 Å². The smallest absolute Gasteiger partial charge is 0.258 e. The molecular formula is C57H76FN9O17. The molecule has 0 bridgehead atoms. The van der Waals surface area contributed by atoms with Gasteiger partial charge in [-0.2, -0.15) is 0 Å². The lowest BCUT2D eigenvalue weighted by Gasteiger charge is -2.35. The first kappa shape index (κ1) is 65.6. The Balaban J connectivity index is 1.02. The quantitative estimate of drug-likeness (QED) is 0.0165. The number of carbonyl (C=O) groups is 8. The highest BCUT2D eigenvalue weighted by atomic mass is 19.1. The number of nitrogens with zero attached hydrogens (tertiary/aromatic N) is 3. The molecule has 458 valence electrons. The molecule has 2 aromatic heterocycles. The van der Waals surface area contributed by atoms with E-state index in [0.717, 1.165) is 28.2 Å². The average molecular weight is 1180 g/mol. The minimum absolute atomic E-state index is 0.0584. The van der Waals surface area contributed by atoms with Crippen LogP contribution in [-0.2, 0) is 79.5 Å². The van der Waals surface area contributed by atoms with Crippen LogP contribution < -0.4 is 37.5 Å². The summed E-state index contributed by atoms with van der Waals surface area (Å²) in [7, 11) is 0. The number of aliphatic hydroxyl groups excluding tert-OH is 5. The molecule has 8 atom stereocenters. The predicted molar refractivity (Wildman–Crippen MR) is 298 cm³/mol. The Bertz CT molecular complexity index is 3110. The molecule has 0 aliphatic carbocycles. The van der Waals surface area contributed by atoms with Crippen LogP contribution in [0.5, 0.6) is 0 Å². The van der Waals surface area contributed by atoms with Gasteiger partial charge in [0.1, 0.15) is 73.6 Å². The zero-order valence-corrected chi connectivity index (χ0v) is 47.8. The third kappa shape index (κ3) is 15.0. The van der Waals surface area contributed by atoms with Crippen molar-refractivity contribution in [2.24, 2.45) is 5.92 Å². The number of ether oxygens (including phenoxy) is 2. The van der Waals surface area contributed by atoms with Crippen LogP contribution in [-0.4, -0.2) is 168 Å². The maximum atomic E-state index is 15.7. The van der Waals surface area contributed by atoms with E-state index in [9.17, 15) is 68.7 Å². The van der Waals surface area contributed by atoms with Gasteiger partial charge in [-0.3, -0.25) is 48.1 Å². The molecule has 26 nitrogen and oxygen atoms in total. The van der Waals surface area contributed by atoms with Crippen molar-refractivity contribution in [1.29, 1.82) is 0 Å². The summed E-state index contributed by atoms with van der Waals surface area (Å²) in [5.41, 5.74) is 2.25. The fourth-order valence-corrected chi connectivity index (χ4v) is 10.2. The summed E-state index contributed by atoms with van der Waals surface area (Å²) in [4.78, 5) is 123. The molecule has 5 heterocycles. The van der Waals surface area contributed by atoms with Gasteiger partial charge in [0.2, 0.25) is 35.4 Å². The summed E-state index contributed by atoms with van der Waals surface area (Å²) in [5, 5.41) is 76.2. The lowest BCUT2D eigenvalue weighted by atomic mass is 9.84. The van der Waals surface area contributed by atoms with Crippen molar-refractivity contribution in [2.75, 3.05) is 33.0 Å². The largest absolute Gasteiger partial charge is 0.490 e. The molecule has 8 amide bonds.